The van der Waals surface area contributed by atoms with E-state index in [1.165, 1.54) is 59.2 Å². The van der Waals surface area contributed by atoms with Crippen LogP contribution in [0.1, 0.15) is 29.9 Å². The average Bonchev–Trinajstić information content (AvgIpc) is 3.97. The van der Waals surface area contributed by atoms with Crippen molar-refractivity contribution in [1.82, 2.24) is 0 Å². The Morgan fingerprint density at radius 1 is 0.603 bits per heavy atom. The molecule has 0 saturated heterocycles. The summed E-state index contributed by atoms with van der Waals surface area (Å²) in [6.45, 7) is 0. The first-order chi connectivity index (χ1) is 28.7. The molecule has 7 aromatic carbocycles. The van der Waals surface area contributed by atoms with E-state index in [-0.39, 0.29) is 6.04 Å². The van der Waals surface area contributed by atoms with Crippen molar-refractivity contribution in [3.05, 3.63) is 209 Å². The van der Waals surface area contributed by atoms with Crippen LogP contribution in [0.4, 0.5) is 22.7 Å². The summed E-state index contributed by atoms with van der Waals surface area (Å²) < 4.78 is 8.96. The molecule has 12 rings (SSSR count). The van der Waals surface area contributed by atoms with Gasteiger partial charge in [0.1, 0.15) is 11.2 Å². The molecule has 0 fully saturated rings. The zero-order valence-electron chi connectivity index (χ0n) is 31.8. The Balaban J connectivity index is 0.938. The maximum atomic E-state index is 6.26. The zero-order valence-corrected chi connectivity index (χ0v) is 32.6. The molecule has 1 aliphatic heterocycles. The SMILES string of the molecule is C1=CC2c3ccccc3N(c3ccccc3)C2C=C1c1ccc(N(C2=c3sc4ccccc4c3=CCC2)c2ccc(-c3ccc4c(c3)oc3ccccc34)cc2)cc1. The normalized spacial score (nSPS) is 16.9. The molecule has 58 heavy (non-hydrogen) atoms. The summed E-state index contributed by atoms with van der Waals surface area (Å²) in [5, 5.41) is 5.02. The highest BCUT2D eigenvalue weighted by atomic mass is 32.1. The van der Waals surface area contributed by atoms with E-state index < -0.39 is 0 Å². The Kier molecular flexibility index (Phi) is 7.67. The van der Waals surface area contributed by atoms with Crippen molar-refractivity contribution >= 4 is 83.5 Å². The number of para-hydroxylation sites is 3. The molecular weight excluding hydrogens is 725 g/mol. The Hall–Kier alpha value is -6.88. The molecule has 0 N–H and O–H groups in total. The number of nitrogens with zero attached hydrogens (tertiary/aromatic N) is 2. The van der Waals surface area contributed by atoms with Crippen LogP contribution in [-0.2, 0) is 0 Å². The number of hydrogen-bond donors (Lipinski definition) is 0. The topological polar surface area (TPSA) is 19.6 Å². The molecule has 2 unspecified atom stereocenters. The Bertz CT molecular complexity index is 3240. The smallest absolute Gasteiger partial charge is 0.136 e. The lowest BCUT2D eigenvalue weighted by molar-refractivity contribution is 0.669. The quantitative estimate of drug-likeness (QED) is 0.168. The van der Waals surface area contributed by atoms with Gasteiger partial charge in [0.2, 0.25) is 0 Å². The number of rotatable bonds is 6. The third-order valence-electron chi connectivity index (χ3n) is 12.3. The van der Waals surface area contributed by atoms with Crippen molar-refractivity contribution in [3.63, 3.8) is 0 Å². The van der Waals surface area contributed by atoms with Gasteiger partial charge in [0.15, 0.2) is 0 Å². The highest BCUT2D eigenvalue weighted by Gasteiger charge is 2.38. The summed E-state index contributed by atoms with van der Waals surface area (Å²) in [7, 11) is 0. The Morgan fingerprint density at radius 2 is 1.29 bits per heavy atom. The highest BCUT2D eigenvalue weighted by molar-refractivity contribution is 7.17. The molecule has 2 aromatic heterocycles. The van der Waals surface area contributed by atoms with Gasteiger partial charge in [-0.3, -0.25) is 0 Å². The fraction of sp³-hybridized carbons (Fsp3) is 0.0741. The number of anilines is 4. The first-order valence-corrected chi connectivity index (χ1v) is 21.0. The molecule has 0 spiro atoms. The molecule has 9 aromatic rings. The van der Waals surface area contributed by atoms with E-state index in [0.717, 1.165) is 51.7 Å². The van der Waals surface area contributed by atoms with Gasteiger partial charge in [0.05, 0.1) is 10.6 Å². The van der Waals surface area contributed by atoms with Gasteiger partial charge in [-0.2, -0.15) is 0 Å². The van der Waals surface area contributed by atoms with E-state index in [9.17, 15) is 0 Å². The van der Waals surface area contributed by atoms with Crippen LogP contribution in [0.2, 0.25) is 0 Å². The van der Waals surface area contributed by atoms with Crippen molar-refractivity contribution in [2.24, 2.45) is 0 Å². The number of fused-ring (bicyclic) bond motifs is 9. The van der Waals surface area contributed by atoms with Crippen LogP contribution < -0.4 is 19.6 Å². The maximum Gasteiger partial charge on any atom is 0.136 e. The van der Waals surface area contributed by atoms with E-state index in [4.69, 9.17) is 4.42 Å². The van der Waals surface area contributed by atoms with Crippen molar-refractivity contribution in [2.75, 3.05) is 9.80 Å². The highest BCUT2D eigenvalue weighted by Crippen LogP contribution is 2.49. The molecule has 276 valence electrons. The molecule has 0 radical (unpaired) electrons. The number of benzene rings is 7. The molecule has 4 heteroatoms. The van der Waals surface area contributed by atoms with Crippen LogP contribution in [0, 0.1) is 0 Å². The van der Waals surface area contributed by atoms with Gasteiger partial charge in [-0.25, -0.2) is 0 Å². The van der Waals surface area contributed by atoms with Crippen molar-refractivity contribution in [2.45, 2.75) is 24.8 Å². The lowest BCUT2D eigenvalue weighted by Gasteiger charge is -2.30. The first-order valence-electron chi connectivity index (χ1n) is 20.2. The number of hydrogen-bond acceptors (Lipinski definition) is 4. The van der Waals surface area contributed by atoms with Crippen LogP contribution in [0.5, 0.6) is 0 Å². The van der Waals surface area contributed by atoms with Crippen molar-refractivity contribution in [3.8, 4) is 11.1 Å². The maximum absolute atomic E-state index is 6.26. The molecule has 3 aliphatic rings. The fourth-order valence-electron chi connectivity index (χ4n) is 9.56. The summed E-state index contributed by atoms with van der Waals surface area (Å²) in [5.41, 5.74) is 14.2. The Morgan fingerprint density at radius 3 is 2.14 bits per heavy atom. The van der Waals surface area contributed by atoms with Crippen LogP contribution in [-0.4, -0.2) is 6.04 Å². The van der Waals surface area contributed by atoms with Crippen molar-refractivity contribution in [1.29, 1.82) is 0 Å². The van der Waals surface area contributed by atoms with Crippen LogP contribution in [0.15, 0.2) is 193 Å². The molecular formula is C54H38N2OS. The number of furan rings is 1. The standard InChI is InChI=1S/C54H38N2OS/c1-2-11-39(12-3-1)56-48-17-7-4-13-42(48)43-31-25-37(33-50(43)56)35-21-27-40(28-22-35)55(49-18-10-16-47-46-15-6-9-20-53(46)58-54(47)49)41-29-23-36(24-30-41)38-26-32-45-44-14-5-8-19-51(44)57-52(45)34-38/h1-9,11-17,19-34,43,50H,10,18H2. The zero-order chi connectivity index (χ0) is 38.2. The predicted molar refractivity (Wildman–Crippen MR) is 245 cm³/mol. The largest absolute Gasteiger partial charge is 0.456 e. The molecule has 0 saturated carbocycles. The molecule has 2 aliphatic carbocycles. The predicted octanol–water partition coefficient (Wildman–Crippen LogP) is 13.2. The average molecular weight is 763 g/mol. The molecule has 0 amide bonds. The number of thiophene rings is 1. The second-order valence-electron chi connectivity index (χ2n) is 15.5. The minimum atomic E-state index is 0.211. The van der Waals surface area contributed by atoms with E-state index in [0.29, 0.717) is 5.92 Å². The minimum absolute atomic E-state index is 0.211. The summed E-state index contributed by atoms with van der Waals surface area (Å²) in [4.78, 5) is 5.01. The van der Waals surface area contributed by atoms with Gasteiger partial charge in [-0.1, -0.05) is 127 Å². The number of allylic oxidation sites excluding steroid dienone is 2. The van der Waals surface area contributed by atoms with Crippen LogP contribution in [0.25, 0.3) is 60.5 Å². The molecule has 2 atom stereocenters. The summed E-state index contributed by atoms with van der Waals surface area (Å²) in [6, 6.07) is 61.9. The van der Waals surface area contributed by atoms with Gasteiger partial charge in [0, 0.05) is 55.2 Å². The van der Waals surface area contributed by atoms with Gasteiger partial charge in [0.25, 0.3) is 0 Å². The summed E-state index contributed by atoms with van der Waals surface area (Å²) >= 11 is 1.91. The van der Waals surface area contributed by atoms with Gasteiger partial charge in [-0.05, 0) is 113 Å². The third-order valence-corrected chi connectivity index (χ3v) is 13.5. The minimum Gasteiger partial charge on any atom is -0.456 e. The first kappa shape index (κ1) is 33.3. The van der Waals surface area contributed by atoms with Crippen molar-refractivity contribution < 1.29 is 4.42 Å². The molecule has 3 heterocycles. The van der Waals surface area contributed by atoms with E-state index in [1.807, 2.05) is 23.5 Å². The lowest BCUT2D eigenvalue weighted by atomic mass is 9.87. The van der Waals surface area contributed by atoms with E-state index in [2.05, 4.69) is 192 Å². The second-order valence-corrected chi connectivity index (χ2v) is 16.6. The third kappa shape index (κ3) is 5.33. The fourth-order valence-corrected chi connectivity index (χ4v) is 10.8. The van der Waals surface area contributed by atoms with Gasteiger partial charge in [-0.15, -0.1) is 11.3 Å². The van der Waals surface area contributed by atoms with Gasteiger partial charge < -0.3 is 14.2 Å². The van der Waals surface area contributed by atoms with Gasteiger partial charge >= 0.3 is 0 Å². The lowest BCUT2D eigenvalue weighted by Crippen LogP contribution is -2.31. The summed E-state index contributed by atoms with van der Waals surface area (Å²) in [5.74, 6) is 0.313. The van der Waals surface area contributed by atoms with Crippen LogP contribution >= 0.6 is 11.3 Å². The van der Waals surface area contributed by atoms with Crippen LogP contribution in [0.3, 0.4) is 0 Å². The molecule has 3 nitrogen and oxygen atoms in total. The summed E-state index contributed by atoms with van der Waals surface area (Å²) in [6.07, 6.45) is 11.6. The van der Waals surface area contributed by atoms with E-state index >= 15 is 0 Å². The molecule has 0 bridgehead atoms. The monoisotopic (exact) mass is 762 g/mol. The Labute approximate surface area is 341 Å². The second kappa shape index (κ2) is 13.4. The van der Waals surface area contributed by atoms with E-state index in [1.54, 1.807) is 0 Å².